The number of fused-ring (bicyclic) bond motifs is 1. The van der Waals surface area contributed by atoms with Gasteiger partial charge >= 0.3 is 0 Å². The predicted molar refractivity (Wildman–Crippen MR) is 67.5 cm³/mol. The van der Waals surface area contributed by atoms with Crippen molar-refractivity contribution in [2.75, 3.05) is 13.1 Å². The highest BCUT2D eigenvalue weighted by Crippen LogP contribution is 2.16. The van der Waals surface area contributed by atoms with E-state index in [-0.39, 0.29) is 0 Å². The zero-order valence-corrected chi connectivity index (χ0v) is 10.4. The number of nitrogens with one attached hydrogen (secondary N) is 2. The topological polar surface area (TPSA) is 40.7 Å². The second kappa shape index (κ2) is 5.91. The summed E-state index contributed by atoms with van der Waals surface area (Å²) in [4.78, 5) is 7.23. The first-order valence-electron chi connectivity index (χ1n) is 6.25. The van der Waals surface area contributed by atoms with Gasteiger partial charge in [0.15, 0.2) is 11.6 Å². The summed E-state index contributed by atoms with van der Waals surface area (Å²) in [5.41, 5.74) is 1.01. The molecule has 0 fully saturated rings. The Labute approximate surface area is 105 Å². The first kappa shape index (κ1) is 13.0. The molecule has 2 N–H and O–H groups in total. The fourth-order valence-corrected chi connectivity index (χ4v) is 1.81. The number of imidazole rings is 1. The van der Waals surface area contributed by atoms with Gasteiger partial charge in [-0.3, -0.25) is 0 Å². The molecule has 1 aromatic heterocycles. The zero-order chi connectivity index (χ0) is 13.0. The summed E-state index contributed by atoms with van der Waals surface area (Å²) in [5.74, 6) is -0.959. The van der Waals surface area contributed by atoms with Crippen molar-refractivity contribution in [3.8, 4) is 0 Å². The number of nitrogens with zero attached hydrogens (tertiary/aromatic N) is 1. The van der Waals surface area contributed by atoms with Crippen LogP contribution in [0.15, 0.2) is 12.1 Å². The minimum atomic E-state index is -0.860. The van der Waals surface area contributed by atoms with E-state index in [1.807, 2.05) is 0 Å². The van der Waals surface area contributed by atoms with Crippen LogP contribution in [0.4, 0.5) is 8.78 Å². The molecular weight excluding hydrogens is 236 g/mol. The fraction of sp³-hybridized carbons (Fsp3) is 0.462. The molecule has 0 saturated carbocycles. The van der Waals surface area contributed by atoms with Crippen molar-refractivity contribution in [3.63, 3.8) is 0 Å². The number of hydrogen-bond donors (Lipinski definition) is 2. The van der Waals surface area contributed by atoms with Crippen LogP contribution in [0.2, 0.25) is 0 Å². The lowest BCUT2D eigenvalue weighted by atomic mass is 10.3. The van der Waals surface area contributed by atoms with E-state index in [2.05, 4.69) is 22.2 Å². The van der Waals surface area contributed by atoms with Gasteiger partial charge in [0.1, 0.15) is 5.82 Å². The number of unbranched alkanes of at least 4 members (excludes halogenated alkanes) is 1. The van der Waals surface area contributed by atoms with Crippen LogP contribution in [0.5, 0.6) is 0 Å². The Morgan fingerprint density at radius 3 is 2.78 bits per heavy atom. The van der Waals surface area contributed by atoms with Gasteiger partial charge in [-0.25, -0.2) is 13.8 Å². The lowest BCUT2D eigenvalue weighted by Crippen LogP contribution is -2.18. The fourth-order valence-electron chi connectivity index (χ4n) is 1.81. The van der Waals surface area contributed by atoms with Crippen molar-refractivity contribution in [1.29, 1.82) is 0 Å². The van der Waals surface area contributed by atoms with E-state index in [4.69, 9.17) is 0 Å². The molecule has 98 valence electrons. The van der Waals surface area contributed by atoms with Crippen molar-refractivity contribution in [2.45, 2.75) is 26.2 Å². The Morgan fingerprint density at radius 2 is 2.00 bits per heavy atom. The molecule has 0 radical (unpaired) electrons. The molecule has 0 aliphatic carbocycles. The molecule has 0 aliphatic heterocycles. The molecule has 0 aliphatic rings. The van der Waals surface area contributed by atoms with E-state index in [1.54, 1.807) is 0 Å². The van der Waals surface area contributed by atoms with Gasteiger partial charge in [-0.05, 0) is 13.0 Å². The van der Waals surface area contributed by atoms with Crippen LogP contribution in [0, 0.1) is 11.6 Å². The minimum absolute atomic E-state index is 0.470. The van der Waals surface area contributed by atoms with E-state index in [1.165, 1.54) is 0 Å². The normalized spacial score (nSPS) is 11.3. The second-order valence-electron chi connectivity index (χ2n) is 4.32. The number of H-pyrrole nitrogens is 1. The van der Waals surface area contributed by atoms with Gasteiger partial charge in [-0.2, -0.15) is 0 Å². The first-order chi connectivity index (χ1) is 8.70. The maximum absolute atomic E-state index is 13.0. The molecule has 0 saturated heterocycles. The molecule has 5 heteroatoms. The smallest absolute Gasteiger partial charge is 0.161 e. The average Bonchev–Trinajstić information content (AvgIpc) is 2.71. The summed E-state index contributed by atoms with van der Waals surface area (Å²) in [6, 6.07) is 2.26. The Balaban J connectivity index is 1.97. The van der Waals surface area contributed by atoms with Crippen LogP contribution >= 0.6 is 0 Å². The van der Waals surface area contributed by atoms with Gasteiger partial charge < -0.3 is 10.3 Å². The zero-order valence-electron chi connectivity index (χ0n) is 10.4. The second-order valence-corrected chi connectivity index (χ2v) is 4.32. The van der Waals surface area contributed by atoms with Gasteiger partial charge in [0.05, 0.1) is 11.0 Å². The highest BCUT2D eigenvalue weighted by atomic mass is 19.2. The quantitative estimate of drug-likeness (QED) is 0.777. The Hall–Kier alpha value is -1.49. The maximum Gasteiger partial charge on any atom is 0.161 e. The molecular formula is C13H17F2N3. The van der Waals surface area contributed by atoms with Gasteiger partial charge in [0, 0.05) is 25.1 Å². The molecule has 2 aromatic rings. The van der Waals surface area contributed by atoms with Crippen molar-refractivity contribution in [2.24, 2.45) is 0 Å². The van der Waals surface area contributed by atoms with E-state index >= 15 is 0 Å². The highest BCUT2D eigenvalue weighted by molar-refractivity contribution is 5.75. The summed E-state index contributed by atoms with van der Waals surface area (Å²) < 4.78 is 26.0. The monoisotopic (exact) mass is 253 g/mol. The summed E-state index contributed by atoms with van der Waals surface area (Å²) in [5, 5.41) is 3.29. The molecule has 1 aromatic carbocycles. The number of hydrogen-bond acceptors (Lipinski definition) is 2. The molecule has 0 bridgehead atoms. The van der Waals surface area contributed by atoms with Gasteiger partial charge in [0.25, 0.3) is 0 Å². The first-order valence-corrected chi connectivity index (χ1v) is 6.25. The van der Waals surface area contributed by atoms with E-state index in [0.717, 1.165) is 50.3 Å². The van der Waals surface area contributed by atoms with Crippen molar-refractivity contribution in [3.05, 3.63) is 29.6 Å². The Bertz CT molecular complexity index is 483. The third kappa shape index (κ3) is 3.04. The standard InChI is InChI=1S/C13H17F2N3/c1-2-3-5-16-6-4-13-17-11-7-9(14)10(15)8-12(11)18-13/h7-8,16H,2-6H2,1H3,(H,17,18). The van der Waals surface area contributed by atoms with Crippen LogP contribution in [-0.4, -0.2) is 23.1 Å². The van der Waals surface area contributed by atoms with Gasteiger partial charge in [0.2, 0.25) is 0 Å². The highest BCUT2D eigenvalue weighted by Gasteiger charge is 2.08. The number of rotatable bonds is 6. The summed E-state index contributed by atoms with van der Waals surface area (Å²) in [7, 11) is 0. The number of aromatic nitrogens is 2. The van der Waals surface area contributed by atoms with Gasteiger partial charge in [-0.15, -0.1) is 0 Å². The predicted octanol–water partition coefficient (Wildman–Crippen LogP) is 2.77. The van der Waals surface area contributed by atoms with Crippen molar-refractivity contribution >= 4 is 11.0 Å². The molecule has 0 amide bonds. The van der Waals surface area contributed by atoms with Crippen molar-refractivity contribution < 1.29 is 8.78 Å². The minimum Gasteiger partial charge on any atom is -0.342 e. The van der Waals surface area contributed by atoms with E-state index < -0.39 is 11.6 Å². The molecule has 0 unspecified atom stereocenters. The van der Waals surface area contributed by atoms with Crippen molar-refractivity contribution in [1.82, 2.24) is 15.3 Å². The maximum atomic E-state index is 13.0. The third-order valence-electron chi connectivity index (χ3n) is 2.82. The number of benzene rings is 1. The Kier molecular flexibility index (Phi) is 4.25. The molecule has 2 rings (SSSR count). The molecule has 0 atom stereocenters. The summed E-state index contributed by atoms with van der Waals surface area (Å²) in [6.07, 6.45) is 3.04. The number of halogens is 2. The largest absolute Gasteiger partial charge is 0.342 e. The molecule has 3 nitrogen and oxygen atoms in total. The SMILES string of the molecule is CCCCNCCc1nc2cc(F)c(F)cc2[nH]1. The van der Waals surface area contributed by atoms with Crippen LogP contribution in [-0.2, 0) is 6.42 Å². The van der Waals surface area contributed by atoms with Crippen LogP contribution in [0.1, 0.15) is 25.6 Å². The lowest BCUT2D eigenvalue weighted by molar-refractivity contribution is 0.510. The number of aromatic amines is 1. The summed E-state index contributed by atoms with van der Waals surface area (Å²) in [6.45, 7) is 3.94. The average molecular weight is 253 g/mol. The lowest BCUT2D eigenvalue weighted by Gasteiger charge is -2.00. The van der Waals surface area contributed by atoms with E-state index in [9.17, 15) is 8.78 Å². The molecule has 0 spiro atoms. The molecule has 18 heavy (non-hydrogen) atoms. The van der Waals surface area contributed by atoms with E-state index in [0.29, 0.717) is 11.0 Å². The summed E-state index contributed by atoms with van der Waals surface area (Å²) >= 11 is 0. The van der Waals surface area contributed by atoms with Crippen LogP contribution < -0.4 is 5.32 Å². The Morgan fingerprint density at radius 1 is 1.22 bits per heavy atom. The van der Waals surface area contributed by atoms with Crippen LogP contribution in [0.3, 0.4) is 0 Å². The van der Waals surface area contributed by atoms with Crippen LogP contribution in [0.25, 0.3) is 11.0 Å². The molecule has 1 heterocycles. The van der Waals surface area contributed by atoms with Gasteiger partial charge in [-0.1, -0.05) is 13.3 Å². The third-order valence-corrected chi connectivity index (χ3v) is 2.82.